The molecule has 2 aliphatic rings. The summed E-state index contributed by atoms with van der Waals surface area (Å²) in [5.74, 6) is -0.193. The van der Waals surface area contributed by atoms with Crippen molar-refractivity contribution < 1.29 is 14.7 Å². The fraction of sp³-hybridized carbons (Fsp3) is 0.684. The molecule has 3 heteroatoms. The van der Waals surface area contributed by atoms with Crippen molar-refractivity contribution in [2.45, 2.75) is 59.3 Å². The molecular formula is C19H28O3. The quantitative estimate of drug-likeness (QED) is 0.476. The number of rotatable bonds is 4. The van der Waals surface area contributed by atoms with E-state index in [0.29, 0.717) is 0 Å². The van der Waals surface area contributed by atoms with Crippen LogP contribution in [0.1, 0.15) is 59.3 Å². The maximum atomic E-state index is 11.9. The topological polar surface area (TPSA) is 54.4 Å². The van der Waals surface area contributed by atoms with Crippen molar-refractivity contribution >= 4 is 12.3 Å². The molecule has 2 saturated carbocycles. The molecule has 2 rings (SSSR count). The van der Waals surface area contributed by atoms with Crippen LogP contribution in [0.5, 0.6) is 0 Å². The Morgan fingerprint density at radius 3 is 2.68 bits per heavy atom. The minimum atomic E-state index is -0.658. The highest BCUT2D eigenvalue weighted by Crippen LogP contribution is 2.61. The van der Waals surface area contributed by atoms with E-state index in [0.717, 1.165) is 50.4 Å². The van der Waals surface area contributed by atoms with Crippen LogP contribution in [-0.4, -0.2) is 17.4 Å². The molecule has 0 unspecified atom stereocenters. The van der Waals surface area contributed by atoms with E-state index in [1.54, 1.807) is 0 Å². The van der Waals surface area contributed by atoms with E-state index in [4.69, 9.17) is 0 Å². The smallest absolute Gasteiger partial charge is 0.309 e. The molecule has 0 saturated heterocycles. The first-order chi connectivity index (χ1) is 10.3. The first kappa shape index (κ1) is 17.0. The molecule has 0 bridgehead atoms. The summed E-state index contributed by atoms with van der Waals surface area (Å²) in [6.45, 7) is 10.3. The number of carboxylic acid groups (broad SMARTS) is 1. The highest BCUT2D eigenvalue weighted by molar-refractivity contribution is 5.75. The summed E-state index contributed by atoms with van der Waals surface area (Å²) >= 11 is 0. The molecule has 0 aromatic rings. The number of fused-ring (bicyclic) bond motifs is 1. The summed E-state index contributed by atoms with van der Waals surface area (Å²) in [6, 6.07) is 0. The average Bonchev–Trinajstić information content (AvgIpc) is 2.45. The van der Waals surface area contributed by atoms with Gasteiger partial charge in [0, 0.05) is 0 Å². The Hall–Kier alpha value is -1.38. The SMILES string of the molecule is C=C1CC[C@H]2[C@](C)(CCC[C@]2(C)C(=O)O)[C@@H]1C/C=C(\C)C=O. The van der Waals surface area contributed by atoms with Crippen LogP contribution in [0.4, 0.5) is 0 Å². The van der Waals surface area contributed by atoms with Crippen LogP contribution in [0.15, 0.2) is 23.8 Å². The van der Waals surface area contributed by atoms with Gasteiger partial charge in [-0.3, -0.25) is 9.59 Å². The van der Waals surface area contributed by atoms with E-state index < -0.39 is 11.4 Å². The number of aliphatic carboxylic acids is 1. The molecule has 0 radical (unpaired) electrons. The molecule has 2 aliphatic carbocycles. The van der Waals surface area contributed by atoms with E-state index in [-0.39, 0.29) is 17.3 Å². The molecule has 2 fully saturated rings. The van der Waals surface area contributed by atoms with Gasteiger partial charge in [-0.05, 0) is 68.8 Å². The van der Waals surface area contributed by atoms with Gasteiger partial charge in [-0.25, -0.2) is 0 Å². The third-order valence-electron chi connectivity index (χ3n) is 6.37. The average molecular weight is 304 g/mol. The van der Waals surface area contributed by atoms with Crippen LogP contribution in [0.25, 0.3) is 0 Å². The third-order valence-corrected chi connectivity index (χ3v) is 6.37. The zero-order chi connectivity index (χ0) is 16.5. The van der Waals surface area contributed by atoms with E-state index >= 15 is 0 Å². The number of hydrogen-bond acceptors (Lipinski definition) is 2. The number of allylic oxidation sites excluding steroid dienone is 3. The normalized spacial score (nSPS) is 39.2. The molecule has 0 aromatic carbocycles. The van der Waals surface area contributed by atoms with Crippen molar-refractivity contribution in [2.75, 3.05) is 0 Å². The predicted molar refractivity (Wildman–Crippen MR) is 87.5 cm³/mol. The second-order valence-electron chi connectivity index (χ2n) is 7.69. The Kier molecular flexibility index (Phi) is 4.65. The van der Waals surface area contributed by atoms with Crippen LogP contribution in [0.3, 0.4) is 0 Å². The summed E-state index contributed by atoms with van der Waals surface area (Å²) in [7, 11) is 0. The lowest BCUT2D eigenvalue weighted by Crippen LogP contribution is -2.53. The van der Waals surface area contributed by atoms with E-state index in [9.17, 15) is 14.7 Å². The summed E-state index contributed by atoms with van der Waals surface area (Å²) in [5, 5.41) is 9.78. The van der Waals surface area contributed by atoms with Gasteiger partial charge in [0.15, 0.2) is 0 Å². The zero-order valence-electron chi connectivity index (χ0n) is 14.0. The van der Waals surface area contributed by atoms with Gasteiger partial charge in [0.2, 0.25) is 0 Å². The van der Waals surface area contributed by atoms with Crippen molar-refractivity contribution in [1.29, 1.82) is 0 Å². The summed E-state index contributed by atoms with van der Waals surface area (Å²) in [6.07, 6.45) is 8.27. The summed E-state index contributed by atoms with van der Waals surface area (Å²) < 4.78 is 0. The monoisotopic (exact) mass is 304 g/mol. The van der Waals surface area contributed by atoms with E-state index in [1.165, 1.54) is 5.57 Å². The minimum absolute atomic E-state index is 0.0274. The molecule has 0 spiro atoms. The second-order valence-corrected chi connectivity index (χ2v) is 7.69. The lowest BCUT2D eigenvalue weighted by molar-refractivity contribution is -0.164. The molecule has 3 nitrogen and oxygen atoms in total. The Morgan fingerprint density at radius 2 is 2.09 bits per heavy atom. The maximum Gasteiger partial charge on any atom is 0.309 e. The minimum Gasteiger partial charge on any atom is -0.481 e. The molecule has 0 aromatic heterocycles. The largest absolute Gasteiger partial charge is 0.481 e. The molecular weight excluding hydrogens is 276 g/mol. The molecule has 1 N–H and O–H groups in total. The first-order valence-electron chi connectivity index (χ1n) is 8.28. The van der Waals surface area contributed by atoms with E-state index in [2.05, 4.69) is 13.5 Å². The summed E-state index contributed by atoms with van der Waals surface area (Å²) in [5.41, 5.74) is 1.31. The fourth-order valence-corrected chi connectivity index (χ4v) is 4.99. The van der Waals surface area contributed by atoms with Crippen LogP contribution < -0.4 is 0 Å². The maximum absolute atomic E-state index is 11.9. The van der Waals surface area contributed by atoms with Gasteiger partial charge >= 0.3 is 5.97 Å². The van der Waals surface area contributed by atoms with Gasteiger partial charge in [0.05, 0.1) is 5.41 Å². The third kappa shape index (κ3) is 2.66. The fourth-order valence-electron chi connectivity index (χ4n) is 4.99. The van der Waals surface area contributed by atoms with Crippen LogP contribution in [0, 0.1) is 22.7 Å². The van der Waals surface area contributed by atoms with Crippen molar-refractivity contribution in [3.05, 3.63) is 23.8 Å². The number of carbonyl (C=O) groups is 2. The highest BCUT2D eigenvalue weighted by Gasteiger charge is 2.57. The van der Waals surface area contributed by atoms with Gasteiger partial charge in [0.25, 0.3) is 0 Å². The molecule has 0 amide bonds. The van der Waals surface area contributed by atoms with Gasteiger partial charge in [0.1, 0.15) is 6.29 Å². The van der Waals surface area contributed by atoms with Crippen molar-refractivity contribution in [3.63, 3.8) is 0 Å². The Balaban J connectivity index is 2.36. The number of aldehydes is 1. The van der Waals surface area contributed by atoms with Gasteiger partial charge in [-0.1, -0.05) is 31.6 Å². The van der Waals surface area contributed by atoms with Gasteiger partial charge < -0.3 is 5.11 Å². The van der Waals surface area contributed by atoms with Crippen LogP contribution in [0.2, 0.25) is 0 Å². The molecule has 4 atom stereocenters. The molecule has 22 heavy (non-hydrogen) atoms. The molecule has 0 heterocycles. The van der Waals surface area contributed by atoms with Crippen molar-refractivity contribution in [2.24, 2.45) is 22.7 Å². The van der Waals surface area contributed by atoms with Crippen molar-refractivity contribution in [3.8, 4) is 0 Å². The second kappa shape index (κ2) is 6.02. The highest BCUT2D eigenvalue weighted by atomic mass is 16.4. The zero-order valence-corrected chi connectivity index (χ0v) is 14.0. The standard InChI is InChI=1S/C19H28O3/c1-13(12-20)6-8-15-14(2)7-9-16-18(15,3)10-5-11-19(16,4)17(21)22/h6,12,15-16H,2,5,7-11H2,1,3-4H3,(H,21,22)/b13-6+/t15-,16+,18-,19+/m1/s1. The van der Waals surface area contributed by atoms with Gasteiger partial charge in [-0.2, -0.15) is 0 Å². The number of hydrogen-bond donors (Lipinski definition) is 1. The van der Waals surface area contributed by atoms with Crippen molar-refractivity contribution in [1.82, 2.24) is 0 Å². The molecule has 122 valence electrons. The Bertz CT molecular complexity index is 519. The van der Waals surface area contributed by atoms with Crippen LogP contribution >= 0.6 is 0 Å². The Labute approximate surface area is 133 Å². The lowest BCUT2D eigenvalue weighted by Gasteiger charge is -2.57. The summed E-state index contributed by atoms with van der Waals surface area (Å²) in [4.78, 5) is 22.7. The first-order valence-corrected chi connectivity index (χ1v) is 8.28. The Morgan fingerprint density at radius 1 is 1.41 bits per heavy atom. The number of carboxylic acids is 1. The molecule has 0 aliphatic heterocycles. The predicted octanol–water partition coefficient (Wildman–Crippen LogP) is 4.39. The van der Waals surface area contributed by atoms with Crippen LogP contribution in [-0.2, 0) is 9.59 Å². The van der Waals surface area contributed by atoms with E-state index in [1.807, 2.05) is 19.9 Å². The lowest BCUT2D eigenvalue weighted by atomic mass is 9.46. The van der Waals surface area contributed by atoms with Gasteiger partial charge in [-0.15, -0.1) is 0 Å². The number of carbonyl (C=O) groups excluding carboxylic acids is 1.